The number of halogens is 1. The van der Waals surface area contributed by atoms with E-state index in [1.807, 2.05) is 54.6 Å². The maximum absolute atomic E-state index is 12.5. The number of esters is 1. The Morgan fingerprint density at radius 3 is 2.50 bits per heavy atom. The molecule has 156 valence electrons. The van der Waals surface area contributed by atoms with Gasteiger partial charge in [0.15, 0.2) is 0 Å². The Balaban J connectivity index is 1.64. The predicted octanol–water partition coefficient (Wildman–Crippen LogP) is 4.38. The number of rotatable bonds is 7. The van der Waals surface area contributed by atoms with Crippen LogP contribution in [0.5, 0.6) is 5.75 Å². The predicted molar refractivity (Wildman–Crippen MR) is 117 cm³/mol. The van der Waals surface area contributed by atoms with Crippen molar-refractivity contribution in [2.45, 2.75) is 18.4 Å². The standard InChI is InChI=1S/C24H24ClNO4/c1-29-20-12-8-17(9-13-20)23(24(28)30-2)18-7-11-19(15-18)26-22(27)14-10-16-5-3-4-6-21(16)25/h3-14,18-19,23H,15H2,1-2H3,(H,26,27)/b14-10+. The number of hydrogen-bond acceptors (Lipinski definition) is 4. The molecule has 3 atom stereocenters. The molecule has 1 aliphatic rings. The van der Waals surface area contributed by atoms with Gasteiger partial charge in [-0.15, -0.1) is 0 Å². The highest BCUT2D eigenvalue weighted by Crippen LogP contribution is 2.35. The lowest BCUT2D eigenvalue weighted by molar-refractivity contribution is -0.143. The van der Waals surface area contributed by atoms with E-state index in [1.165, 1.54) is 13.2 Å². The molecule has 0 aromatic heterocycles. The Bertz CT molecular complexity index is 952. The summed E-state index contributed by atoms with van der Waals surface area (Å²) in [6.07, 6.45) is 7.64. The van der Waals surface area contributed by atoms with E-state index in [0.717, 1.165) is 16.9 Å². The highest BCUT2D eigenvalue weighted by molar-refractivity contribution is 6.32. The number of amides is 1. The summed E-state index contributed by atoms with van der Waals surface area (Å²) in [4.78, 5) is 24.8. The van der Waals surface area contributed by atoms with E-state index in [4.69, 9.17) is 21.1 Å². The average Bonchev–Trinajstić information content (AvgIpc) is 3.21. The molecule has 2 aromatic carbocycles. The highest BCUT2D eigenvalue weighted by atomic mass is 35.5. The molecule has 0 saturated carbocycles. The van der Waals surface area contributed by atoms with Crippen LogP contribution in [0.3, 0.4) is 0 Å². The second-order valence-corrected chi connectivity index (χ2v) is 7.44. The molecular formula is C24H24ClNO4. The minimum absolute atomic E-state index is 0.0799. The number of benzene rings is 2. The van der Waals surface area contributed by atoms with Gasteiger partial charge in [-0.3, -0.25) is 9.59 Å². The summed E-state index contributed by atoms with van der Waals surface area (Å²) in [6.45, 7) is 0. The van der Waals surface area contributed by atoms with Gasteiger partial charge in [0.1, 0.15) is 5.75 Å². The molecule has 0 radical (unpaired) electrons. The summed E-state index contributed by atoms with van der Waals surface area (Å²) in [5.74, 6) is -0.328. The second kappa shape index (κ2) is 10.1. The fraction of sp³-hybridized carbons (Fsp3) is 0.250. The van der Waals surface area contributed by atoms with Crippen molar-refractivity contribution in [1.82, 2.24) is 5.32 Å². The lowest BCUT2D eigenvalue weighted by atomic mass is 9.85. The van der Waals surface area contributed by atoms with Crippen molar-refractivity contribution in [2.75, 3.05) is 14.2 Å². The van der Waals surface area contributed by atoms with Gasteiger partial charge < -0.3 is 14.8 Å². The molecule has 0 spiro atoms. The Morgan fingerprint density at radius 1 is 1.10 bits per heavy atom. The van der Waals surface area contributed by atoms with E-state index in [2.05, 4.69) is 5.32 Å². The third-order valence-electron chi connectivity index (χ3n) is 5.12. The summed E-state index contributed by atoms with van der Waals surface area (Å²) in [5.41, 5.74) is 1.63. The molecule has 30 heavy (non-hydrogen) atoms. The van der Waals surface area contributed by atoms with Crippen LogP contribution < -0.4 is 10.1 Å². The Morgan fingerprint density at radius 2 is 1.83 bits per heavy atom. The maximum Gasteiger partial charge on any atom is 0.313 e. The van der Waals surface area contributed by atoms with Crippen molar-refractivity contribution in [3.05, 3.63) is 82.9 Å². The molecule has 3 rings (SSSR count). The zero-order valence-electron chi connectivity index (χ0n) is 16.9. The van der Waals surface area contributed by atoms with Gasteiger partial charge in [0.25, 0.3) is 0 Å². The van der Waals surface area contributed by atoms with Crippen LogP contribution >= 0.6 is 11.6 Å². The number of carbonyl (C=O) groups is 2. The average molecular weight is 426 g/mol. The number of carbonyl (C=O) groups excluding carboxylic acids is 2. The lowest BCUT2D eigenvalue weighted by Crippen LogP contribution is -2.32. The summed E-state index contributed by atoms with van der Waals surface area (Å²) >= 11 is 6.11. The Labute approximate surface area is 181 Å². The molecule has 5 nitrogen and oxygen atoms in total. The van der Waals surface area contributed by atoms with E-state index >= 15 is 0 Å². The highest BCUT2D eigenvalue weighted by Gasteiger charge is 2.33. The second-order valence-electron chi connectivity index (χ2n) is 7.03. The van der Waals surface area contributed by atoms with Crippen LogP contribution in [0.4, 0.5) is 0 Å². The van der Waals surface area contributed by atoms with Crippen molar-refractivity contribution in [3.8, 4) is 5.75 Å². The molecule has 3 unspecified atom stereocenters. The van der Waals surface area contributed by atoms with Crippen LogP contribution in [0.1, 0.15) is 23.5 Å². The smallest absolute Gasteiger partial charge is 0.313 e. The molecule has 1 N–H and O–H groups in total. The molecule has 0 bridgehead atoms. The quantitative estimate of drug-likeness (QED) is 0.406. The zero-order valence-corrected chi connectivity index (χ0v) is 17.6. The van der Waals surface area contributed by atoms with Gasteiger partial charge in [-0.05, 0) is 47.7 Å². The summed E-state index contributed by atoms with van der Waals surface area (Å²) in [7, 11) is 2.98. The number of allylic oxidation sites excluding steroid dienone is 1. The van der Waals surface area contributed by atoms with Gasteiger partial charge in [-0.1, -0.05) is 54.1 Å². The topological polar surface area (TPSA) is 64.6 Å². The summed E-state index contributed by atoms with van der Waals surface area (Å²) in [6, 6.07) is 14.5. The molecule has 0 heterocycles. The fourth-order valence-corrected chi connectivity index (χ4v) is 3.78. The van der Waals surface area contributed by atoms with Gasteiger partial charge in [-0.25, -0.2) is 0 Å². The first-order valence-electron chi connectivity index (χ1n) is 9.65. The lowest BCUT2D eigenvalue weighted by Gasteiger charge is -2.22. The third-order valence-corrected chi connectivity index (χ3v) is 5.47. The number of nitrogens with one attached hydrogen (secondary N) is 1. The number of methoxy groups -OCH3 is 2. The van der Waals surface area contributed by atoms with Crippen LogP contribution in [0.2, 0.25) is 5.02 Å². The molecule has 6 heteroatoms. The van der Waals surface area contributed by atoms with Crippen molar-refractivity contribution in [2.24, 2.45) is 5.92 Å². The van der Waals surface area contributed by atoms with Crippen molar-refractivity contribution in [3.63, 3.8) is 0 Å². The minimum atomic E-state index is -0.447. The molecule has 0 saturated heterocycles. The van der Waals surface area contributed by atoms with Crippen LogP contribution in [0.25, 0.3) is 6.08 Å². The van der Waals surface area contributed by atoms with E-state index in [0.29, 0.717) is 11.4 Å². The van der Waals surface area contributed by atoms with Crippen LogP contribution in [0, 0.1) is 5.92 Å². The normalized spacial score (nSPS) is 18.9. The maximum atomic E-state index is 12.5. The van der Waals surface area contributed by atoms with Gasteiger partial charge in [0, 0.05) is 17.1 Å². The van der Waals surface area contributed by atoms with E-state index < -0.39 is 5.92 Å². The first-order valence-corrected chi connectivity index (χ1v) is 10.0. The monoisotopic (exact) mass is 425 g/mol. The van der Waals surface area contributed by atoms with E-state index in [-0.39, 0.29) is 23.8 Å². The van der Waals surface area contributed by atoms with Crippen molar-refractivity contribution in [1.29, 1.82) is 0 Å². The molecule has 0 fully saturated rings. The van der Waals surface area contributed by atoms with Crippen molar-refractivity contribution >= 4 is 29.6 Å². The van der Waals surface area contributed by atoms with Gasteiger partial charge in [0.2, 0.25) is 5.91 Å². The largest absolute Gasteiger partial charge is 0.497 e. The number of ether oxygens (including phenoxy) is 2. The van der Waals surface area contributed by atoms with Crippen LogP contribution in [0.15, 0.2) is 66.8 Å². The molecule has 2 aromatic rings. The van der Waals surface area contributed by atoms with Crippen molar-refractivity contribution < 1.29 is 19.1 Å². The summed E-state index contributed by atoms with van der Waals surface area (Å²) < 4.78 is 10.2. The fourth-order valence-electron chi connectivity index (χ4n) is 3.58. The zero-order chi connectivity index (χ0) is 21.5. The van der Waals surface area contributed by atoms with Crippen LogP contribution in [-0.2, 0) is 14.3 Å². The SMILES string of the molecule is COC(=O)C(c1ccc(OC)cc1)C1C=CC(NC(=O)/C=C/c2ccccc2Cl)C1. The number of hydrogen-bond donors (Lipinski definition) is 1. The Hall–Kier alpha value is -3.05. The molecule has 1 amide bonds. The summed E-state index contributed by atoms with van der Waals surface area (Å²) in [5, 5.41) is 3.54. The third kappa shape index (κ3) is 5.30. The molecule has 1 aliphatic carbocycles. The Kier molecular flexibility index (Phi) is 7.31. The van der Waals surface area contributed by atoms with E-state index in [1.54, 1.807) is 19.3 Å². The molecular weight excluding hydrogens is 402 g/mol. The van der Waals surface area contributed by atoms with Crippen LogP contribution in [-0.4, -0.2) is 32.1 Å². The van der Waals surface area contributed by atoms with Gasteiger partial charge >= 0.3 is 5.97 Å². The van der Waals surface area contributed by atoms with Gasteiger partial charge in [-0.2, -0.15) is 0 Å². The van der Waals surface area contributed by atoms with E-state index in [9.17, 15) is 9.59 Å². The first-order chi connectivity index (χ1) is 14.5. The molecule has 0 aliphatic heterocycles. The minimum Gasteiger partial charge on any atom is -0.497 e. The van der Waals surface area contributed by atoms with Gasteiger partial charge in [0.05, 0.1) is 20.1 Å². The first kappa shape index (κ1) is 21.7.